The molecule has 0 spiro atoms. The minimum absolute atomic E-state index is 0.239. The Morgan fingerprint density at radius 2 is 1.72 bits per heavy atom. The van der Waals surface area contributed by atoms with Gasteiger partial charge in [0, 0.05) is 16.7 Å². The highest BCUT2D eigenvalue weighted by molar-refractivity contribution is 6.30. The lowest BCUT2D eigenvalue weighted by atomic mass is 10.2. The fraction of sp³-hybridized carbons (Fsp3) is 0.0526. The molecule has 0 unspecified atom stereocenters. The first kappa shape index (κ1) is 16.8. The smallest absolute Gasteiger partial charge is 0.255 e. The Kier molecular flexibility index (Phi) is 5.16. The van der Waals surface area contributed by atoms with Gasteiger partial charge in [-0.2, -0.15) is 0 Å². The van der Waals surface area contributed by atoms with Gasteiger partial charge >= 0.3 is 0 Å². The third-order valence-electron chi connectivity index (χ3n) is 3.38. The number of pyridine rings is 1. The van der Waals surface area contributed by atoms with Crippen molar-refractivity contribution in [2.75, 3.05) is 12.4 Å². The van der Waals surface area contributed by atoms with Gasteiger partial charge in [0.05, 0.1) is 19.0 Å². The summed E-state index contributed by atoms with van der Waals surface area (Å²) < 4.78 is 10.9. The van der Waals surface area contributed by atoms with Crippen molar-refractivity contribution in [2.24, 2.45) is 0 Å². The van der Waals surface area contributed by atoms with E-state index >= 15 is 0 Å². The molecule has 3 aromatic rings. The van der Waals surface area contributed by atoms with E-state index in [2.05, 4.69) is 10.3 Å². The van der Waals surface area contributed by atoms with Crippen LogP contribution in [0.1, 0.15) is 10.4 Å². The molecule has 126 valence electrons. The summed E-state index contributed by atoms with van der Waals surface area (Å²) in [5.74, 6) is 1.34. The Hall–Kier alpha value is -3.05. The molecule has 6 heteroatoms. The highest BCUT2D eigenvalue weighted by Gasteiger charge is 2.08. The van der Waals surface area contributed by atoms with E-state index in [0.29, 0.717) is 33.7 Å². The van der Waals surface area contributed by atoms with Crippen LogP contribution in [0.2, 0.25) is 5.02 Å². The molecule has 0 bridgehead atoms. The van der Waals surface area contributed by atoms with E-state index in [4.69, 9.17) is 21.1 Å². The van der Waals surface area contributed by atoms with Crippen LogP contribution in [0.5, 0.6) is 17.4 Å². The third-order valence-corrected chi connectivity index (χ3v) is 3.64. The summed E-state index contributed by atoms with van der Waals surface area (Å²) in [6, 6.07) is 17.3. The van der Waals surface area contributed by atoms with Crippen LogP contribution in [0.15, 0.2) is 66.9 Å². The summed E-state index contributed by atoms with van der Waals surface area (Å²) in [7, 11) is 1.57. The normalized spacial score (nSPS) is 10.2. The largest absolute Gasteiger partial charge is 0.493 e. The number of rotatable bonds is 5. The highest BCUT2D eigenvalue weighted by atomic mass is 35.5. The fourth-order valence-electron chi connectivity index (χ4n) is 2.13. The van der Waals surface area contributed by atoms with Gasteiger partial charge in [0.25, 0.3) is 5.91 Å². The molecule has 1 aromatic heterocycles. The lowest BCUT2D eigenvalue weighted by Gasteiger charge is -2.10. The number of hydrogen-bond donors (Lipinski definition) is 1. The molecule has 0 saturated carbocycles. The first-order valence-corrected chi connectivity index (χ1v) is 7.87. The first-order chi connectivity index (χ1) is 12.2. The van der Waals surface area contributed by atoms with Gasteiger partial charge < -0.3 is 14.8 Å². The van der Waals surface area contributed by atoms with Crippen molar-refractivity contribution >= 4 is 23.2 Å². The zero-order valence-electron chi connectivity index (χ0n) is 13.4. The van der Waals surface area contributed by atoms with Crippen molar-refractivity contribution in [2.45, 2.75) is 0 Å². The minimum Gasteiger partial charge on any atom is -0.493 e. The maximum atomic E-state index is 12.2. The van der Waals surface area contributed by atoms with E-state index in [0.717, 1.165) is 0 Å². The van der Waals surface area contributed by atoms with Gasteiger partial charge in [0.2, 0.25) is 5.88 Å². The van der Waals surface area contributed by atoms with Crippen LogP contribution < -0.4 is 14.8 Å². The summed E-state index contributed by atoms with van der Waals surface area (Å²) in [5.41, 5.74) is 1.08. The molecule has 0 saturated heterocycles. The van der Waals surface area contributed by atoms with Crippen molar-refractivity contribution in [1.29, 1.82) is 0 Å². The molecular weight excluding hydrogens is 340 g/mol. The average molecular weight is 355 g/mol. The molecule has 25 heavy (non-hydrogen) atoms. The second kappa shape index (κ2) is 7.68. The molecule has 1 N–H and O–H groups in total. The van der Waals surface area contributed by atoms with E-state index in [-0.39, 0.29) is 5.91 Å². The second-order valence-electron chi connectivity index (χ2n) is 5.10. The molecule has 0 aliphatic heterocycles. The molecule has 0 fully saturated rings. The number of methoxy groups -OCH3 is 1. The minimum atomic E-state index is -0.239. The van der Waals surface area contributed by atoms with Crippen molar-refractivity contribution < 1.29 is 14.3 Å². The SMILES string of the molecule is COc1ccccc1Oc1ccc(NC(=O)c2ccc(Cl)cc2)cn1. The number of ether oxygens (including phenoxy) is 2. The molecular formula is C19H15ClN2O3. The maximum Gasteiger partial charge on any atom is 0.255 e. The van der Waals surface area contributed by atoms with E-state index in [1.807, 2.05) is 12.1 Å². The van der Waals surface area contributed by atoms with E-state index in [9.17, 15) is 4.79 Å². The van der Waals surface area contributed by atoms with Crippen LogP contribution >= 0.6 is 11.6 Å². The molecule has 5 nitrogen and oxygen atoms in total. The molecule has 2 aromatic carbocycles. The second-order valence-corrected chi connectivity index (χ2v) is 5.54. The molecule has 0 aliphatic carbocycles. The average Bonchev–Trinajstić information content (AvgIpc) is 2.64. The van der Waals surface area contributed by atoms with Crippen LogP contribution in [0.4, 0.5) is 5.69 Å². The summed E-state index contributed by atoms with van der Waals surface area (Å²) in [6.45, 7) is 0. The number of benzene rings is 2. The Bertz CT molecular complexity index is 865. The number of anilines is 1. The van der Waals surface area contributed by atoms with E-state index in [1.165, 1.54) is 6.20 Å². The molecule has 1 amide bonds. The summed E-state index contributed by atoms with van der Waals surface area (Å²) in [5, 5.41) is 3.35. The van der Waals surface area contributed by atoms with Gasteiger partial charge in [-0.1, -0.05) is 23.7 Å². The lowest BCUT2D eigenvalue weighted by Crippen LogP contribution is -2.11. The number of aromatic nitrogens is 1. The molecule has 0 radical (unpaired) electrons. The standard InChI is InChI=1S/C19H15ClN2O3/c1-24-16-4-2-3-5-17(16)25-18-11-10-15(12-21-18)22-19(23)13-6-8-14(20)9-7-13/h2-12H,1H3,(H,22,23). The lowest BCUT2D eigenvalue weighted by molar-refractivity contribution is 0.102. The first-order valence-electron chi connectivity index (χ1n) is 7.49. The predicted octanol–water partition coefficient (Wildman–Crippen LogP) is 4.79. The van der Waals surface area contributed by atoms with Crippen LogP contribution in [0, 0.1) is 0 Å². The number of para-hydroxylation sites is 2. The summed E-state index contributed by atoms with van der Waals surface area (Å²) in [6.07, 6.45) is 1.53. The monoisotopic (exact) mass is 354 g/mol. The number of halogens is 1. The van der Waals surface area contributed by atoms with Gasteiger partial charge in [0.1, 0.15) is 0 Å². The quantitative estimate of drug-likeness (QED) is 0.715. The van der Waals surface area contributed by atoms with Crippen LogP contribution in [-0.4, -0.2) is 18.0 Å². The van der Waals surface area contributed by atoms with Crippen molar-refractivity contribution in [3.8, 4) is 17.4 Å². The van der Waals surface area contributed by atoms with E-state index < -0.39 is 0 Å². The Morgan fingerprint density at radius 1 is 1.00 bits per heavy atom. The molecule has 1 heterocycles. The predicted molar refractivity (Wildman–Crippen MR) is 96.7 cm³/mol. The van der Waals surface area contributed by atoms with Gasteiger partial charge in [-0.3, -0.25) is 4.79 Å². The van der Waals surface area contributed by atoms with Gasteiger partial charge in [-0.05, 0) is 42.5 Å². The summed E-state index contributed by atoms with van der Waals surface area (Å²) in [4.78, 5) is 16.4. The Labute approximate surface area is 150 Å². The third kappa shape index (κ3) is 4.28. The molecule has 0 aliphatic rings. The van der Waals surface area contributed by atoms with E-state index in [1.54, 1.807) is 55.6 Å². The van der Waals surface area contributed by atoms with Crippen LogP contribution in [0.3, 0.4) is 0 Å². The van der Waals surface area contributed by atoms with Gasteiger partial charge in [-0.25, -0.2) is 4.98 Å². The number of carbonyl (C=O) groups is 1. The number of amides is 1. The zero-order chi connectivity index (χ0) is 17.6. The summed E-state index contributed by atoms with van der Waals surface area (Å²) >= 11 is 5.82. The Balaban J connectivity index is 1.68. The van der Waals surface area contributed by atoms with Crippen molar-refractivity contribution in [3.63, 3.8) is 0 Å². The Morgan fingerprint density at radius 3 is 2.36 bits per heavy atom. The van der Waals surface area contributed by atoms with Gasteiger partial charge in [0.15, 0.2) is 11.5 Å². The highest BCUT2D eigenvalue weighted by Crippen LogP contribution is 2.30. The number of nitrogens with zero attached hydrogens (tertiary/aromatic N) is 1. The number of nitrogens with one attached hydrogen (secondary N) is 1. The van der Waals surface area contributed by atoms with Crippen molar-refractivity contribution in [3.05, 3.63) is 77.4 Å². The number of carbonyl (C=O) groups excluding carboxylic acids is 1. The fourth-order valence-corrected chi connectivity index (χ4v) is 2.26. The maximum absolute atomic E-state index is 12.2. The zero-order valence-corrected chi connectivity index (χ0v) is 14.2. The van der Waals surface area contributed by atoms with Crippen molar-refractivity contribution in [1.82, 2.24) is 4.98 Å². The van der Waals surface area contributed by atoms with Crippen LogP contribution in [-0.2, 0) is 0 Å². The number of hydrogen-bond acceptors (Lipinski definition) is 4. The van der Waals surface area contributed by atoms with Gasteiger partial charge in [-0.15, -0.1) is 0 Å². The van der Waals surface area contributed by atoms with Crippen LogP contribution in [0.25, 0.3) is 0 Å². The topological polar surface area (TPSA) is 60.5 Å². The molecule has 3 rings (SSSR count). The molecule has 0 atom stereocenters.